The quantitative estimate of drug-likeness (QED) is 0.205. The van der Waals surface area contributed by atoms with E-state index in [0.29, 0.717) is 39.7 Å². The molecule has 256 valence electrons. The predicted molar refractivity (Wildman–Crippen MR) is 190 cm³/mol. The summed E-state index contributed by atoms with van der Waals surface area (Å²) in [5.74, 6) is 1.01. The van der Waals surface area contributed by atoms with Gasteiger partial charge in [-0.25, -0.2) is 27.2 Å². The van der Waals surface area contributed by atoms with Crippen LogP contribution in [-0.2, 0) is 14.8 Å². The number of fused-ring (bicyclic) bond motifs is 1. The van der Waals surface area contributed by atoms with Crippen molar-refractivity contribution in [2.75, 3.05) is 32.0 Å². The fraction of sp³-hybridized carbons (Fsp3) is 0.472. The Morgan fingerprint density at radius 1 is 1.04 bits per heavy atom. The number of halogens is 1. The highest BCUT2D eigenvalue weighted by molar-refractivity contribution is 7.90. The van der Waals surface area contributed by atoms with E-state index in [1.807, 2.05) is 43.9 Å². The first-order chi connectivity index (χ1) is 22.9. The number of anilines is 1. The smallest absolute Gasteiger partial charge is 0.410 e. The molecule has 12 heteroatoms. The molecule has 2 atom stereocenters. The zero-order valence-corrected chi connectivity index (χ0v) is 29.7. The van der Waals surface area contributed by atoms with Gasteiger partial charge in [-0.2, -0.15) is 0 Å². The summed E-state index contributed by atoms with van der Waals surface area (Å²) >= 11 is 6.68. The summed E-state index contributed by atoms with van der Waals surface area (Å²) in [6, 6.07) is 16.4. The van der Waals surface area contributed by atoms with Gasteiger partial charge in [-0.3, -0.25) is 0 Å². The van der Waals surface area contributed by atoms with Crippen LogP contribution < -0.4 is 5.32 Å². The van der Waals surface area contributed by atoms with Crippen molar-refractivity contribution in [2.45, 2.75) is 81.9 Å². The number of nitrogens with one attached hydrogen (secondary N) is 1. The lowest BCUT2D eigenvalue weighted by Crippen LogP contribution is -2.46. The molecule has 48 heavy (non-hydrogen) atoms. The van der Waals surface area contributed by atoms with Crippen LogP contribution in [0.2, 0.25) is 5.02 Å². The van der Waals surface area contributed by atoms with Gasteiger partial charge < -0.3 is 19.9 Å². The molecule has 3 heterocycles. The largest absolute Gasteiger partial charge is 0.444 e. The summed E-state index contributed by atoms with van der Waals surface area (Å²) in [6.45, 7) is 8.16. The molecule has 2 aromatic heterocycles. The van der Waals surface area contributed by atoms with Gasteiger partial charge in [0.1, 0.15) is 5.60 Å². The summed E-state index contributed by atoms with van der Waals surface area (Å²) in [5, 5.41) is 4.65. The third kappa shape index (κ3) is 7.63. The van der Waals surface area contributed by atoms with Crippen LogP contribution in [0.15, 0.2) is 71.9 Å². The number of hydrogen-bond acceptors (Lipinski definition) is 8. The lowest BCUT2D eigenvalue weighted by Gasteiger charge is -2.39. The zero-order valence-electron chi connectivity index (χ0n) is 28.1. The molecule has 10 nitrogen and oxygen atoms in total. The third-order valence-corrected chi connectivity index (χ3v) is 11.4. The van der Waals surface area contributed by atoms with Gasteiger partial charge >= 0.3 is 6.09 Å². The van der Waals surface area contributed by atoms with Crippen LogP contribution in [0.5, 0.6) is 0 Å². The first-order valence-electron chi connectivity index (χ1n) is 16.8. The second-order valence-corrected chi connectivity index (χ2v) is 16.3. The Labute approximate surface area is 288 Å². The van der Waals surface area contributed by atoms with Crippen molar-refractivity contribution in [3.63, 3.8) is 0 Å². The Balaban J connectivity index is 1.13. The van der Waals surface area contributed by atoms with Crippen molar-refractivity contribution in [3.8, 4) is 11.3 Å². The number of piperidine rings is 1. The summed E-state index contributed by atoms with van der Waals surface area (Å²) in [5.41, 5.74) is 1.17. The lowest BCUT2D eigenvalue weighted by molar-refractivity contribution is 0.0163. The standard InChI is InChI=1S/C36H45ClN6O4S/c1-36(2,3)47-35(44)42-19-17-25(18-20-42)23-41(4)27-12-10-11-26(21-27)39-34-38-22-31(37)33(40-34)30-24-43(32-16-9-8-15-29(30)32)48(45,46)28-13-6-5-7-14-28/h5-9,13-16,22,24-27H,10-12,17-21,23H2,1-4H3,(H,38,39,40)/t26?,27-/m0/s1. The fourth-order valence-electron chi connectivity index (χ4n) is 6.93. The van der Waals surface area contributed by atoms with Crippen LogP contribution in [0, 0.1) is 5.92 Å². The number of aromatic nitrogens is 3. The minimum absolute atomic E-state index is 0.189. The van der Waals surface area contributed by atoms with Gasteiger partial charge in [0.05, 0.1) is 27.3 Å². The first kappa shape index (κ1) is 34.2. The average Bonchev–Trinajstić information content (AvgIpc) is 3.46. The van der Waals surface area contributed by atoms with Crippen molar-refractivity contribution in [1.82, 2.24) is 23.7 Å². The molecule has 1 saturated heterocycles. The molecule has 2 fully saturated rings. The summed E-state index contributed by atoms with van der Waals surface area (Å²) < 4.78 is 34.2. The Bertz CT molecular complexity index is 1850. The van der Waals surface area contributed by atoms with Crippen molar-refractivity contribution in [1.29, 1.82) is 0 Å². The normalized spacial score (nSPS) is 19.5. The molecule has 1 unspecified atom stereocenters. The molecule has 1 aliphatic heterocycles. The van der Waals surface area contributed by atoms with Crippen LogP contribution in [0.1, 0.15) is 59.3 Å². The van der Waals surface area contributed by atoms with Gasteiger partial charge in [0.25, 0.3) is 10.0 Å². The number of benzene rings is 2. The highest BCUT2D eigenvalue weighted by atomic mass is 35.5. The summed E-state index contributed by atoms with van der Waals surface area (Å²) in [6.07, 6.45) is 9.12. The zero-order chi connectivity index (χ0) is 34.1. The number of rotatable bonds is 8. The Morgan fingerprint density at radius 2 is 1.75 bits per heavy atom. The molecule has 1 saturated carbocycles. The van der Waals surface area contributed by atoms with E-state index in [9.17, 15) is 13.2 Å². The third-order valence-electron chi connectivity index (χ3n) is 9.39. The maximum atomic E-state index is 13.7. The van der Waals surface area contributed by atoms with E-state index in [1.54, 1.807) is 48.8 Å². The van der Waals surface area contributed by atoms with E-state index in [1.165, 1.54) is 3.97 Å². The predicted octanol–water partition coefficient (Wildman–Crippen LogP) is 7.29. The number of hydrogen-bond donors (Lipinski definition) is 1. The molecule has 2 aliphatic rings. The minimum atomic E-state index is -3.85. The van der Waals surface area contributed by atoms with Crippen LogP contribution in [0.4, 0.5) is 10.7 Å². The van der Waals surface area contributed by atoms with E-state index in [0.717, 1.165) is 63.5 Å². The number of amides is 1. The van der Waals surface area contributed by atoms with Gasteiger partial charge in [0.15, 0.2) is 0 Å². The second-order valence-electron chi connectivity index (χ2n) is 14.1. The van der Waals surface area contributed by atoms with Crippen molar-refractivity contribution >= 4 is 44.6 Å². The van der Waals surface area contributed by atoms with E-state index in [-0.39, 0.29) is 17.0 Å². The first-order valence-corrected chi connectivity index (χ1v) is 18.6. The monoisotopic (exact) mass is 692 g/mol. The van der Waals surface area contributed by atoms with E-state index in [2.05, 4.69) is 22.2 Å². The second kappa shape index (κ2) is 14.1. The topological polar surface area (TPSA) is 110 Å². The lowest BCUT2D eigenvalue weighted by atomic mass is 9.88. The van der Waals surface area contributed by atoms with E-state index in [4.69, 9.17) is 21.3 Å². The van der Waals surface area contributed by atoms with Gasteiger partial charge in [-0.15, -0.1) is 0 Å². The number of likely N-dealkylation sites (tertiary alicyclic amines) is 1. The number of carbonyl (C=O) groups excluding carboxylic acids is 1. The molecule has 2 aromatic carbocycles. The van der Waals surface area contributed by atoms with E-state index >= 15 is 0 Å². The minimum Gasteiger partial charge on any atom is -0.444 e. The van der Waals surface area contributed by atoms with Gasteiger partial charge in [-0.05, 0) is 90.5 Å². The maximum Gasteiger partial charge on any atom is 0.410 e. The molecule has 1 N–H and O–H groups in total. The number of nitrogens with zero attached hydrogens (tertiary/aromatic N) is 5. The van der Waals surface area contributed by atoms with Crippen LogP contribution >= 0.6 is 11.6 Å². The SMILES string of the molecule is CN(CC1CCN(C(=O)OC(C)(C)C)CC1)[C@H]1CCCC(Nc2ncc(Cl)c(-c3cn(S(=O)(=O)c4ccccc4)c4ccccc34)n2)C1. The Kier molecular flexibility index (Phi) is 10.0. The van der Waals surface area contributed by atoms with Gasteiger partial charge in [0.2, 0.25) is 5.95 Å². The van der Waals surface area contributed by atoms with Crippen molar-refractivity contribution in [3.05, 3.63) is 72.0 Å². The molecule has 6 rings (SSSR count). The van der Waals surface area contributed by atoms with Gasteiger partial charge in [0, 0.05) is 48.9 Å². The molecular formula is C36H45ClN6O4S. The van der Waals surface area contributed by atoms with Gasteiger partial charge in [-0.1, -0.05) is 48.0 Å². The highest BCUT2D eigenvalue weighted by Gasteiger charge is 2.31. The molecular weight excluding hydrogens is 648 g/mol. The van der Waals surface area contributed by atoms with Crippen molar-refractivity contribution in [2.24, 2.45) is 5.92 Å². The van der Waals surface area contributed by atoms with Crippen LogP contribution in [0.25, 0.3) is 22.2 Å². The number of carbonyl (C=O) groups is 1. The Morgan fingerprint density at radius 3 is 2.48 bits per heavy atom. The maximum absolute atomic E-state index is 13.7. The highest BCUT2D eigenvalue weighted by Crippen LogP contribution is 2.36. The summed E-state index contributed by atoms with van der Waals surface area (Å²) in [4.78, 5) is 26.4. The fourth-order valence-corrected chi connectivity index (χ4v) is 8.51. The molecule has 4 aromatic rings. The molecule has 1 aliphatic carbocycles. The molecule has 0 spiro atoms. The summed E-state index contributed by atoms with van der Waals surface area (Å²) in [7, 11) is -1.64. The van der Waals surface area contributed by atoms with Crippen molar-refractivity contribution < 1.29 is 17.9 Å². The molecule has 0 bridgehead atoms. The van der Waals surface area contributed by atoms with E-state index < -0.39 is 15.6 Å². The molecule has 0 radical (unpaired) electrons. The molecule has 1 amide bonds. The Hall–Kier alpha value is -3.67. The average molecular weight is 693 g/mol. The van der Waals surface area contributed by atoms with Crippen LogP contribution in [0.3, 0.4) is 0 Å². The number of ether oxygens (including phenoxy) is 1. The van der Waals surface area contributed by atoms with Crippen LogP contribution in [-0.4, -0.2) is 82.6 Å². The number of para-hydroxylation sites is 1.